The van der Waals surface area contributed by atoms with Crippen molar-refractivity contribution in [3.8, 4) is 0 Å². The van der Waals surface area contributed by atoms with Gasteiger partial charge in [-0.1, -0.05) is 26.0 Å². The van der Waals surface area contributed by atoms with Gasteiger partial charge in [0.2, 0.25) is 10.0 Å². The number of alkyl halides is 1. The minimum Gasteiger partial charge on any atom is -0.302 e. The maximum absolute atomic E-state index is 12.3. The average molecular weight is 333 g/mol. The van der Waals surface area contributed by atoms with Crippen LogP contribution in [0.1, 0.15) is 26.3 Å². The van der Waals surface area contributed by atoms with Crippen LogP contribution in [0.2, 0.25) is 0 Å². The standard InChI is InChI=1S/C15H25ClN2O2S/c1-4-18(5-2)12-13(3)17-21(19,20)15-8-6-14(7-9-15)10-11-16/h6-9,13,17H,4-5,10-12H2,1-3H3. The maximum atomic E-state index is 12.3. The SMILES string of the molecule is CCN(CC)CC(C)NS(=O)(=O)c1ccc(CCCl)cc1. The zero-order valence-corrected chi connectivity index (χ0v) is 14.5. The highest BCUT2D eigenvalue weighted by molar-refractivity contribution is 7.89. The summed E-state index contributed by atoms with van der Waals surface area (Å²) in [5.41, 5.74) is 1.04. The van der Waals surface area contributed by atoms with Crippen molar-refractivity contribution in [1.82, 2.24) is 9.62 Å². The molecule has 1 rings (SSSR count). The molecule has 0 fully saturated rings. The highest BCUT2D eigenvalue weighted by atomic mass is 35.5. The van der Waals surface area contributed by atoms with E-state index in [-0.39, 0.29) is 6.04 Å². The molecule has 0 aliphatic rings. The molecule has 0 bridgehead atoms. The van der Waals surface area contributed by atoms with Crippen LogP contribution in [-0.2, 0) is 16.4 Å². The number of benzene rings is 1. The van der Waals surface area contributed by atoms with E-state index >= 15 is 0 Å². The van der Waals surface area contributed by atoms with Crippen molar-refractivity contribution in [3.05, 3.63) is 29.8 Å². The lowest BCUT2D eigenvalue weighted by molar-refractivity contribution is 0.282. The largest absolute Gasteiger partial charge is 0.302 e. The number of hydrogen-bond acceptors (Lipinski definition) is 3. The zero-order chi connectivity index (χ0) is 15.9. The predicted octanol–water partition coefficient (Wildman–Crippen LogP) is 2.48. The molecule has 1 atom stereocenters. The molecule has 0 radical (unpaired) electrons. The van der Waals surface area contributed by atoms with E-state index in [1.165, 1.54) is 0 Å². The topological polar surface area (TPSA) is 49.4 Å². The van der Waals surface area contributed by atoms with Crippen LogP contribution in [0.15, 0.2) is 29.2 Å². The summed E-state index contributed by atoms with van der Waals surface area (Å²) in [6.07, 6.45) is 0.744. The zero-order valence-electron chi connectivity index (χ0n) is 13.0. The summed E-state index contributed by atoms with van der Waals surface area (Å²) in [7, 11) is -3.46. The molecule has 0 saturated carbocycles. The van der Waals surface area contributed by atoms with Crippen LogP contribution in [0.4, 0.5) is 0 Å². The summed E-state index contributed by atoms with van der Waals surface area (Å²) >= 11 is 5.68. The number of aryl methyl sites for hydroxylation is 1. The predicted molar refractivity (Wildman–Crippen MR) is 88.4 cm³/mol. The van der Waals surface area contributed by atoms with Crippen molar-refractivity contribution in [2.75, 3.05) is 25.5 Å². The molecule has 1 aromatic carbocycles. The molecule has 1 N–H and O–H groups in total. The fourth-order valence-electron chi connectivity index (χ4n) is 2.18. The summed E-state index contributed by atoms with van der Waals surface area (Å²) in [6.45, 7) is 8.56. The van der Waals surface area contributed by atoms with Gasteiger partial charge in [0, 0.05) is 18.5 Å². The Morgan fingerprint density at radius 2 is 1.76 bits per heavy atom. The number of nitrogens with zero attached hydrogens (tertiary/aromatic N) is 1. The van der Waals surface area contributed by atoms with Crippen LogP contribution in [-0.4, -0.2) is 44.9 Å². The Balaban J connectivity index is 2.72. The van der Waals surface area contributed by atoms with Crippen LogP contribution in [0, 0.1) is 0 Å². The Labute approximate surface area is 133 Å². The third kappa shape index (κ3) is 5.94. The Bertz CT molecular complexity index is 513. The summed E-state index contributed by atoms with van der Waals surface area (Å²) in [6, 6.07) is 6.76. The Morgan fingerprint density at radius 3 is 2.24 bits per heavy atom. The minimum absolute atomic E-state index is 0.127. The Kier molecular flexibility index (Phi) is 7.66. The lowest BCUT2D eigenvalue weighted by Crippen LogP contribution is -2.41. The maximum Gasteiger partial charge on any atom is 0.240 e. The van der Waals surface area contributed by atoms with E-state index in [1.807, 2.05) is 19.1 Å². The molecule has 21 heavy (non-hydrogen) atoms. The molecule has 1 unspecified atom stereocenters. The second-order valence-electron chi connectivity index (χ2n) is 5.09. The van der Waals surface area contributed by atoms with E-state index in [0.29, 0.717) is 17.3 Å². The van der Waals surface area contributed by atoms with Gasteiger partial charge in [-0.25, -0.2) is 13.1 Å². The normalized spacial score (nSPS) is 13.6. The van der Waals surface area contributed by atoms with Crippen molar-refractivity contribution in [3.63, 3.8) is 0 Å². The van der Waals surface area contributed by atoms with Gasteiger partial charge < -0.3 is 4.90 Å². The number of hydrogen-bond donors (Lipinski definition) is 1. The van der Waals surface area contributed by atoms with Gasteiger partial charge in [0.05, 0.1) is 4.90 Å². The van der Waals surface area contributed by atoms with Crippen molar-refractivity contribution in [2.45, 2.75) is 38.1 Å². The average Bonchev–Trinajstić information content (AvgIpc) is 2.45. The highest BCUT2D eigenvalue weighted by Crippen LogP contribution is 2.12. The first kappa shape index (κ1) is 18.4. The fraction of sp³-hybridized carbons (Fsp3) is 0.600. The molecule has 1 aromatic rings. The lowest BCUT2D eigenvalue weighted by atomic mass is 10.2. The van der Waals surface area contributed by atoms with E-state index < -0.39 is 10.0 Å². The van der Waals surface area contributed by atoms with Gasteiger partial charge in [-0.05, 0) is 44.1 Å². The molecular formula is C15H25ClN2O2S. The van der Waals surface area contributed by atoms with Crippen molar-refractivity contribution in [2.24, 2.45) is 0 Å². The molecule has 6 heteroatoms. The molecule has 0 heterocycles. The summed E-state index contributed by atoms with van der Waals surface area (Å²) < 4.78 is 27.4. The van der Waals surface area contributed by atoms with E-state index in [1.54, 1.807) is 12.1 Å². The number of rotatable bonds is 9. The summed E-state index contributed by atoms with van der Waals surface area (Å²) in [4.78, 5) is 2.49. The summed E-state index contributed by atoms with van der Waals surface area (Å²) in [5.74, 6) is 0.533. The molecule has 0 aliphatic heterocycles. The van der Waals surface area contributed by atoms with Crippen LogP contribution in [0.3, 0.4) is 0 Å². The van der Waals surface area contributed by atoms with Crippen molar-refractivity contribution < 1.29 is 8.42 Å². The monoisotopic (exact) mass is 332 g/mol. The lowest BCUT2D eigenvalue weighted by Gasteiger charge is -2.23. The molecule has 0 spiro atoms. The molecule has 120 valence electrons. The van der Waals surface area contributed by atoms with Gasteiger partial charge in [-0.2, -0.15) is 0 Å². The Hall–Kier alpha value is -0.620. The van der Waals surface area contributed by atoms with Gasteiger partial charge >= 0.3 is 0 Å². The second kappa shape index (κ2) is 8.73. The van der Waals surface area contributed by atoms with Gasteiger partial charge in [0.15, 0.2) is 0 Å². The summed E-state index contributed by atoms with van der Waals surface area (Å²) in [5, 5.41) is 0. The molecule has 0 saturated heterocycles. The third-order valence-electron chi connectivity index (χ3n) is 3.40. The van der Waals surface area contributed by atoms with E-state index in [9.17, 15) is 8.42 Å². The van der Waals surface area contributed by atoms with Gasteiger partial charge in [-0.3, -0.25) is 0 Å². The van der Waals surface area contributed by atoms with E-state index in [0.717, 1.165) is 25.1 Å². The third-order valence-corrected chi connectivity index (χ3v) is 5.19. The second-order valence-corrected chi connectivity index (χ2v) is 7.18. The van der Waals surface area contributed by atoms with E-state index in [2.05, 4.69) is 23.5 Å². The Morgan fingerprint density at radius 1 is 1.19 bits per heavy atom. The first-order chi connectivity index (χ1) is 9.92. The van der Waals surface area contributed by atoms with Gasteiger partial charge in [0.25, 0.3) is 0 Å². The van der Waals surface area contributed by atoms with E-state index in [4.69, 9.17) is 11.6 Å². The molecular weight excluding hydrogens is 308 g/mol. The van der Waals surface area contributed by atoms with Crippen molar-refractivity contribution >= 4 is 21.6 Å². The van der Waals surface area contributed by atoms with Gasteiger partial charge in [-0.15, -0.1) is 11.6 Å². The van der Waals surface area contributed by atoms with Gasteiger partial charge in [0.1, 0.15) is 0 Å². The van der Waals surface area contributed by atoms with Crippen molar-refractivity contribution in [1.29, 1.82) is 0 Å². The molecule has 0 aliphatic carbocycles. The first-order valence-electron chi connectivity index (χ1n) is 7.32. The van der Waals surface area contributed by atoms with Crippen LogP contribution in [0.5, 0.6) is 0 Å². The molecule has 0 amide bonds. The van der Waals surface area contributed by atoms with Crippen LogP contribution in [0.25, 0.3) is 0 Å². The fourth-order valence-corrected chi connectivity index (χ4v) is 3.64. The van der Waals surface area contributed by atoms with Crippen LogP contribution >= 0.6 is 11.6 Å². The number of nitrogens with one attached hydrogen (secondary N) is 1. The van der Waals surface area contributed by atoms with Crippen LogP contribution < -0.4 is 4.72 Å². The number of halogens is 1. The molecule has 4 nitrogen and oxygen atoms in total. The number of sulfonamides is 1. The smallest absolute Gasteiger partial charge is 0.240 e. The highest BCUT2D eigenvalue weighted by Gasteiger charge is 2.18. The number of likely N-dealkylation sites (N-methyl/N-ethyl adjacent to an activating group) is 1. The first-order valence-corrected chi connectivity index (χ1v) is 9.34. The minimum atomic E-state index is -3.46. The molecule has 0 aromatic heterocycles. The quantitative estimate of drug-likeness (QED) is 0.707.